The van der Waals surface area contributed by atoms with E-state index >= 15 is 0 Å². The van der Waals surface area contributed by atoms with E-state index in [2.05, 4.69) is 31.3 Å². The van der Waals surface area contributed by atoms with Gasteiger partial charge in [0.25, 0.3) is 0 Å². The number of benzene rings is 1. The van der Waals surface area contributed by atoms with E-state index in [4.69, 9.17) is 4.42 Å². The number of nitrogens with one attached hydrogen (secondary N) is 1. The van der Waals surface area contributed by atoms with Gasteiger partial charge in [0.2, 0.25) is 0 Å². The van der Waals surface area contributed by atoms with Gasteiger partial charge in [-0.1, -0.05) is 38.5 Å². The van der Waals surface area contributed by atoms with Crippen molar-refractivity contribution in [2.45, 2.75) is 32.7 Å². The number of rotatable bonds is 5. The lowest BCUT2D eigenvalue weighted by Crippen LogP contribution is -2.20. The van der Waals surface area contributed by atoms with Gasteiger partial charge in [-0.2, -0.15) is 0 Å². The molecule has 0 fully saturated rings. The minimum atomic E-state index is 0.349. The fourth-order valence-electron chi connectivity index (χ4n) is 2.05. The van der Waals surface area contributed by atoms with Crippen molar-refractivity contribution in [3.05, 3.63) is 36.1 Å². The van der Waals surface area contributed by atoms with Gasteiger partial charge >= 0.3 is 0 Å². The normalized spacial score (nSPS) is 13.1. The largest absolute Gasteiger partial charge is 0.459 e. The molecule has 2 rings (SSSR count). The van der Waals surface area contributed by atoms with Crippen LogP contribution >= 0.6 is 0 Å². The van der Waals surface area contributed by atoms with Crippen LogP contribution in [0.3, 0.4) is 0 Å². The Hall–Kier alpha value is -1.28. The standard InChI is InChI=1S/C14H19NO/c1-3-7-12(15-4-2)14-10-11-8-5-6-9-13(11)16-14/h5-6,8-10,12,15H,3-4,7H2,1-2H3. The Morgan fingerprint density at radius 1 is 1.25 bits per heavy atom. The molecule has 2 heteroatoms. The van der Waals surface area contributed by atoms with Crippen LogP contribution in [0.5, 0.6) is 0 Å². The molecule has 2 aromatic rings. The third-order valence-corrected chi connectivity index (χ3v) is 2.82. The smallest absolute Gasteiger partial charge is 0.134 e. The zero-order valence-electron chi connectivity index (χ0n) is 9.99. The molecule has 0 saturated carbocycles. The van der Waals surface area contributed by atoms with Gasteiger partial charge in [-0.15, -0.1) is 0 Å². The van der Waals surface area contributed by atoms with E-state index in [0.717, 1.165) is 30.7 Å². The zero-order chi connectivity index (χ0) is 11.4. The molecule has 0 bridgehead atoms. The Bertz CT molecular complexity index is 408. The summed E-state index contributed by atoms with van der Waals surface area (Å²) >= 11 is 0. The van der Waals surface area contributed by atoms with E-state index in [0.29, 0.717) is 6.04 Å². The summed E-state index contributed by atoms with van der Waals surface area (Å²) in [4.78, 5) is 0. The molecule has 0 radical (unpaired) electrons. The summed E-state index contributed by atoms with van der Waals surface area (Å²) in [5.41, 5.74) is 0.983. The fraction of sp³-hybridized carbons (Fsp3) is 0.429. The van der Waals surface area contributed by atoms with E-state index < -0.39 is 0 Å². The van der Waals surface area contributed by atoms with Crippen molar-refractivity contribution in [3.8, 4) is 0 Å². The highest BCUT2D eigenvalue weighted by molar-refractivity contribution is 5.77. The second-order valence-electron chi connectivity index (χ2n) is 4.09. The molecule has 0 spiro atoms. The number of hydrogen-bond acceptors (Lipinski definition) is 2. The van der Waals surface area contributed by atoms with Gasteiger partial charge in [-0.3, -0.25) is 0 Å². The molecule has 0 saturated heterocycles. The number of fused-ring (bicyclic) bond motifs is 1. The first kappa shape index (κ1) is 11.2. The lowest BCUT2D eigenvalue weighted by molar-refractivity contribution is 0.414. The van der Waals surface area contributed by atoms with Crippen molar-refractivity contribution in [1.29, 1.82) is 0 Å². The summed E-state index contributed by atoms with van der Waals surface area (Å²) in [6.45, 7) is 5.31. The highest BCUT2D eigenvalue weighted by Gasteiger charge is 2.13. The lowest BCUT2D eigenvalue weighted by atomic mass is 10.1. The summed E-state index contributed by atoms with van der Waals surface area (Å²) in [5, 5.41) is 4.66. The molecular weight excluding hydrogens is 198 g/mol. The number of furan rings is 1. The van der Waals surface area contributed by atoms with Crippen LogP contribution in [-0.4, -0.2) is 6.54 Å². The molecule has 1 aromatic heterocycles. The first-order valence-electron chi connectivity index (χ1n) is 6.07. The van der Waals surface area contributed by atoms with Gasteiger partial charge in [-0.05, 0) is 25.1 Å². The van der Waals surface area contributed by atoms with Gasteiger partial charge in [0.1, 0.15) is 11.3 Å². The average Bonchev–Trinajstić information content (AvgIpc) is 2.72. The monoisotopic (exact) mass is 217 g/mol. The van der Waals surface area contributed by atoms with E-state index in [1.54, 1.807) is 0 Å². The predicted molar refractivity (Wildman–Crippen MR) is 67.5 cm³/mol. The molecule has 1 atom stereocenters. The lowest BCUT2D eigenvalue weighted by Gasteiger charge is -2.13. The van der Waals surface area contributed by atoms with Crippen LogP contribution < -0.4 is 5.32 Å². The first-order valence-corrected chi connectivity index (χ1v) is 6.07. The molecule has 0 aliphatic carbocycles. The van der Waals surface area contributed by atoms with Crippen molar-refractivity contribution >= 4 is 11.0 Å². The maximum atomic E-state index is 5.87. The van der Waals surface area contributed by atoms with E-state index in [1.165, 1.54) is 5.39 Å². The van der Waals surface area contributed by atoms with Crippen molar-refractivity contribution in [1.82, 2.24) is 5.32 Å². The predicted octanol–water partition coefficient (Wildman–Crippen LogP) is 3.88. The van der Waals surface area contributed by atoms with Crippen LogP contribution in [0.15, 0.2) is 34.7 Å². The fourth-order valence-corrected chi connectivity index (χ4v) is 2.05. The number of para-hydroxylation sites is 1. The second kappa shape index (κ2) is 5.17. The van der Waals surface area contributed by atoms with E-state index in [1.807, 2.05) is 18.2 Å². The Morgan fingerprint density at radius 3 is 2.75 bits per heavy atom. The molecule has 0 amide bonds. The maximum Gasteiger partial charge on any atom is 0.134 e. The van der Waals surface area contributed by atoms with Crippen molar-refractivity contribution < 1.29 is 4.42 Å². The molecule has 1 unspecified atom stereocenters. The van der Waals surface area contributed by atoms with Gasteiger partial charge in [0.05, 0.1) is 6.04 Å². The topological polar surface area (TPSA) is 25.2 Å². The summed E-state index contributed by atoms with van der Waals surface area (Å²) in [5.74, 6) is 1.06. The minimum Gasteiger partial charge on any atom is -0.459 e. The summed E-state index contributed by atoms with van der Waals surface area (Å²) in [7, 11) is 0. The highest BCUT2D eigenvalue weighted by atomic mass is 16.3. The maximum absolute atomic E-state index is 5.87. The quantitative estimate of drug-likeness (QED) is 0.822. The molecule has 2 nitrogen and oxygen atoms in total. The van der Waals surface area contributed by atoms with Crippen molar-refractivity contribution in [2.75, 3.05) is 6.54 Å². The van der Waals surface area contributed by atoms with Gasteiger partial charge in [-0.25, -0.2) is 0 Å². The third kappa shape index (κ3) is 2.27. The Balaban J connectivity index is 2.29. The Labute approximate surface area is 96.6 Å². The van der Waals surface area contributed by atoms with Crippen LogP contribution in [0.2, 0.25) is 0 Å². The van der Waals surface area contributed by atoms with Crippen molar-refractivity contribution in [2.24, 2.45) is 0 Å². The van der Waals surface area contributed by atoms with Crippen LogP contribution in [0, 0.1) is 0 Å². The van der Waals surface area contributed by atoms with Gasteiger partial charge < -0.3 is 9.73 Å². The molecule has 1 heterocycles. The average molecular weight is 217 g/mol. The molecule has 1 N–H and O–H groups in total. The molecular formula is C14H19NO. The summed E-state index contributed by atoms with van der Waals surface area (Å²) in [6, 6.07) is 10.7. The van der Waals surface area contributed by atoms with Crippen LogP contribution in [0.4, 0.5) is 0 Å². The second-order valence-corrected chi connectivity index (χ2v) is 4.09. The molecule has 0 aliphatic rings. The summed E-state index contributed by atoms with van der Waals surface area (Å²) < 4.78 is 5.87. The van der Waals surface area contributed by atoms with Gasteiger partial charge in [0, 0.05) is 5.39 Å². The Kier molecular flexibility index (Phi) is 3.62. The van der Waals surface area contributed by atoms with E-state index in [9.17, 15) is 0 Å². The SMILES string of the molecule is CCCC(NCC)c1cc2ccccc2o1. The van der Waals surface area contributed by atoms with Gasteiger partial charge in [0.15, 0.2) is 0 Å². The summed E-state index contributed by atoms with van der Waals surface area (Å²) in [6.07, 6.45) is 2.28. The molecule has 0 aliphatic heterocycles. The van der Waals surface area contributed by atoms with E-state index in [-0.39, 0.29) is 0 Å². The first-order chi connectivity index (χ1) is 7.85. The van der Waals surface area contributed by atoms with Crippen molar-refractivity contribution in [3.63, 3.8) is 0 Å². The number of hydrogen-bond donors (Lipinski definition) is 1. The Morgan fingerprint density at radius 2 is 2.06 bits per heavy atom. The zero-order valence-corrected chi connectivity index (χ0v) is 9.99. The van der Waals surface area contributed by atoms with Crippen LogP contribution in [0.1, 0.15) is 38.5 Å². The highest BCUT2D eigenvalue weighted by Crippen LogP contribution is 2.26. The molecule has 86 valence electrons. The third-order valence-electron chi connectivity index (χ3n) is 2.82. The van der Waals surface area contributed by atoms with Crippen LogP contribution in [0.25, 0.3) is 11.0 Å². The molecule has 1 aromatic carbocycles. The van der Waals surface area contributed by atoms with Crippen LogP contribution in [-0.2, 0) is 0 Å². The minimum absolute atomic E-state index is 0.349. The molecule has 16 heavy (non-hydrogen) atoms.